The maximum atomic E-state index is 13.6. The molecule has 2 aromatic rings. The molecule has 108 valence electrons. The third kappa shape index (κ3) is 3.54. The summed E-state index contributed by atoms with van der Waals surface area (Å²) in [5, 5.41) is 13.1. The Kier molecular flexibility index (Phi) is 4.68. The maximum Gasteiger partial charge on any atom is 0.264 e. The topological polar surface area (TPSA) is 68.4 Å². The molecule has 1 aromatic carbocycles. The molecule has 5 nitrogen and oxygen atoms in total. The normalized spacial score (nSPS) is 12.4. The lowest BCUT2D eigenvalue weighted by Crippen LogP contribution is -1.99. The first-order chi connectivity index (χ1) is 9.60. The second-order valence-corrected chi connectivity index (χ2v) is 4.50. The number of aryl methyl sites for hydroxylation is 1. The van der Waals surface area contributed by atoms with Gasteiger partial charge < -0.3 is 14.4 Å². The highest BCUT2D eigenvalue weighted by Crippen LogP contribution is 2.22. The van der Waals surface area contributed by atoms with Crippen molar-refractivity contribution in [2.45, 2.75) is 39.4 Å². The summed E-state index contributed by atoms with van der Waals surface area (Å²) in [6, 6.07) is 4.31. The molecule has 0 aliphatic heterocycles. The Bertz CT molecular complexity index is 569. The molecule has 0 aliphatic rings. The van der Waals surface area contributed by atoms with Crippen molar-refractivity contribution in [2.24, 2.45) is 0 Å². The molecule has 0 saturated carbocycles. The van der Waals surface area contributed by atoms with Crippen LogP contribution >= 0.6 is 0 Å². The van der Waals surface area contributed by atoms with Crippen molar-refractivity contribution in [3.05, 3.63) is 41.3 Å². The van der Waals surface area contributed by atoms with Gasteiger partial charge in [-0.1, -0.05) is 12.1 Å². The van der Waals surface area contributed by atoms with Gasteiger partial charge in [-0.25, -0.2) is 4.39 Å². The highest BCUT2D eigenvalue weighted by molar-refractivity contribution is 5.30. The van der Waals surface area contributed by atoms with Crippen LogP contribution in [-0.4, -0.2) is 15.2 Å². The first-order valence-electron chi connectivity index (χ1n) is 6.52. The lowest BCUT2D eigenvalue weighted by atomic mass is 10.1. The van der Waals surface area contributed by atoms with Crippen LogP contribution in [0.5, 0.6) is 5.75 Å². The van der Waals surface area contributed by atoms with Gasteiger partial charge in [-0.2, -0.15) is 4.98 Å². The molecule has 0 fully saturated rings. The number of aromatic nitrogens is 2. The van der Waals surface area contributed by atoms with Gasteiger partial charge in [-0.15, -0.1) is 0 Å². The molecule has 0 bridgehead atoms. The summed E-state index contributed by atoms with van der Waals surface area (Å²) >= 11 is 0. The Labute approximate surface area is 116 Å². The van der Waals surface area contributed by atoms with Crippen LogP contribution in [0.1, 0.15) is 43.7 Å². The van der Waals surface area contributed by atoms with Gasteiger partial charge >= 0.3 is 0 Å². The molecular weight excluding hydrogens is 263 g/mol. The van der Waals surface area contributed by atoms with E-state index in [1.165, 1.54) is 19.1 Å². The van der Waals surface area contributed by atoms with E-state index in [1.54, 1.807) is 6.07 Å². The molecule has 1 aromatic heterocycles. The lowest BCUT2D eigenvalue weighted by Gasteiger charge is -2.08. The summed E-state index contributed by atoms with van der Waals surface area (Å²) in [5.41, 5.74) is 0.236. The van der Waals surface area contributed by atoms with E-state index in [1.807, 2.05) is 6.92 Å². The van der Waals surface area contributed by atoms with Gasteiger partial charge in [-0.05, 0) is 25.5 Å². The summed E-state index contributed by atoms with van der Waals surface area (Å²) in [7, 11) is 0. The molecule has 0 unspecified atom stereocenters. The predicted molar refractivity (Wildman–Crippen MR) is 69.7 cm³/mol. The fourth-order valence-corrected chi connectivity index (χ4v) is 1.76. The first-order valence-corrected chi connectivity index (χ1v) is 6.52. The third-order valence-electron chi connectivity index (χ3n) is 2.77. The molecule has 0 amide bonds. The molecule has 20 heavy (non-hydrogen) atoms. The van der Waals surface area contributed by atoms with Crippen molar-refractivity contribution in [2.75, 3.05) is 0 Å². The van der Waals surface area contributed by atoms with Crippen molar-refractivity contribution >= 4 is 0 Å². The van der Waals surface area contributed by atoms with Crippen LogP contribution in [0, 0.1) is 5.82 Å². The molecule has 6 heteroatoms. The highest BCUT2D eigenvalue weighted by atomic mass is 19.1. The molecule has 0 radical (unpaired) electrons. The minimum Gasteiger partial charge on any atom is -0.484 e. The smallest absolute Gasteiger partial charge is 0.264 e. The van der Waals surface area contributed by atoms with Crippen LogP contribution in [-0.2, 0) is 13.0 Å². The van der Waals surface area contributed by atoms with Crippen molar-refractivity contribution in [3.63, 3.8) is 0 Å². The standard InChI is InChI=1S/C14H17FN2O3/c1-3-4-13-16-14(20-17-13)8-19-10-5-6-11(9(2)18)12(15)7-10/h5-7,9,18H,3-4,8H2,1-2H3/t9-/m0/s1. The van der Waals surface area contributed by atoms with Gasteiger partial charge in [0.2, 0.25) is 0 Å². The third-order valence-corrected chi connectivity index (χ3v) is 2.77. The van der Waals surface area contributed by atoms with Crippen LogP contribution in [0.4, 0.5) is 4.39 Å². The average molecular weight is 280 g/mol. The number of nitrogens with zero attached hydrogens (tertiary/aromatic N) is 2. The Balaban J connectivity index is 1.98. The minimum absolute atomic E-state index is 0.0875. The number of ether oxygens (including phenoxy) is 1. The van der Waals surface area contributed by atoms with Gasteiger partial charge in [-0.3, -0.25) is 0 Å². The maximum absolute atomic E-state index is 13.6. The van der Waals surface area contributed by atoms with E-state index in [0.29, 0.717) is 17.5 Å². The molecule has 1 atom stereocenters. The SMILES string of the molecule is CCCc1noc(COc2ccc([C@H](C)O)c(F)c2)n1. The number of aliphatic hydroxyl groups excluding tert-OH is 1. The molecule has 0 aliphatic carbocycles. The molecular formula is C14H17FN2O3. The quantitative estimate of drug-likeness (QED) is 0.881. The van der Waals surface area contributed by atoms with E-state index < -0.39 is 11.9 Å². The first kappa shape index (κ1) is 14.5. The number of benzene rings is 1. The van der Waals surface area contributed by atoms with E-state index in [-0.39, 0.29) is 12.2 Å². The Morgan fingerprint density at radius 2 is 2.25 bits per heavy atom. The van der Waals surface area contributed by atoms with E-state index >= 15 is 0 Å². The highest BCUT2D eigenvalue weighted by Gasteiger charge is 2.10. The molecule has 0 spiro atoms. The average Bonchev–Trinajstić information content (AvgIpc) is 2.84. The van der Waals surface area contributed by atoms with Crippen LogP contribution in [0.15, 0.2) is 22.7 Å². The Hall–Kier alpha value is -1.95. The summed E-state index contributed by atoms with van der Waals surface area (Å²) in [6.07, 6.45) is 0.837. The van der Waals surface area contributed by atoms with E-state index in [0.717, 1.165) is 12.8 Å². The minimum atomic E-state index is -0.850. The second kappa shape index (κ2) is 6.47. The van der Waals surface area contributed by atoms with Crippen LogP contribution in [0.3, 0.4) is 0 Å². The van der Waals surface area contributed by atoms with Gasteiger partial charge in [0.1, 0.15) is 11.6 Å². The summed E-state index contributed by atoms with van der Waals surface area (Å²) in [6.45, 7) is 3.62. The van der Waals surface area contributed by atoms with E-state index in [9.17, 15) is 9.50 Å². The van der Waals surface area contributed by atoms with Crippen molar-refractivity contribution < 1.29 is 18.8 Å². The summed E-state index contributed by atoms with van der Waals surface area (Å²) in [5.74, 6) is 0.840. The second-order valence-electron chi connectivity index (χ2n) is 4.50. The lowest BCUT2D eigenvalue weighted by molar-refractivity contribution is 0.193. The van der Waals surface area contributed by atoms with Gasteiger partial charge in [0.05, 0.1) is 6.10 Å². The van der Waals surface area contributed by atoms with Crippen LogP contribution in [0.25, 0.3) is 0 Å². The number of halogens is 1. The van der Waals surface area contributed by atoms with Crippen molar-refractivity contribution in [1.82, 2.24) is 10.1 Å². The largest absolute Gasteiger partial charge is 0.484 e. The molecule has 0 saturated heterocycles. The number of rotatable bonds is 6. The summed E-state index contributed by atoms with van der Waals surface area (Å²) < 4.78 is 24.0. The predicted octanol–water partition coefficient (Wildman–Crippen LogP) is 2.79. The zero-order chi connectivity index (χ0) is 14.5. The van der Waals surface area contributed by atoms with Gasteiger partial charge in [0.25, 0.3) is 5.89 Å². The van der Waals surface area contributed by atoms with Gasteiger partial charge in [0.15, 0.2) is 12.4 Å². The van der Waals surface area contributed by atoms with Gasteiger partial charge in [0, 0.05) is 18.1 Å². The Morgan fingerprint density at radius 3 is 2.90 bits per heavy atom. The fourth-order valence-electron chi connectivity index (χ4n) is 1.76. The van der Waals surface area contributed by atoms with Crippen molar-refractivity contribution in [1.29, 1.82) is 0 Å². The Morgan fingerprint density at radius 1 is 1.45 bits per heavy atom. The van der Waals surface area contributed by atoms with Crippen LogP contribution < -0.4 is 4.74 Å². The molecule has 1 N–H and O–H groups in total. The van der Waals surface area contributed by atoms with E-state index in [4.69, 9.17) is 9.26 Å². The monoisotopic (exact) mass is 280 g/mol. The molecule has 2 rings (SSSR count). The zero-order valence-electron chi connectivity index (χ0n) is 11.5. The summed E-state index contributed by atoms with van der Waals surface area (Å²) in [4.78, 5) is 4.15. The zero-order valence-corrected chi connectivity index (χ0v) is 11.5. The molecule has 1 heterocycles. The van der Waals surface area contributed by atoms with E-state index in [2.05, 4.69) is 10.1 Å². The number of aliphatic hydroxyl groups is 1. The van der Waals surface area contributed by atoms with Crippen LogP contribution in [0.2, 0.25) is 0 Å². The van der Waals surface area contributed by atoms with Crippen molar-refractivity contribution in [3.8, 4) is 5.75 Å². The number of hydrogen-bond donors (Lipinski definition) is 1. The fraction of sp³-hybridized carbons (Fsp3) is 0.429. The number of hydrogen-bond acceptors (Lipinski definition) is 5.